The predicted molar refractivity (Wildman–Crippen MR) is 76.3 cm³/mol. The summed E-state index contributed by atoms with van der Waals surface area (Å²) in [6.45, 7) is 4.26. The molecule has 110 valence electrons. The molecule has 0 saturated carbocycles. The maximum atomic E-state index is 10.8. The highest BCUT2D eigenvalue weighted by atomic mass is 16.6. The molecule has 21 heavy (non-hydrogen) atoms. The van der Waals surface area contributed by atoms with Crippen LogP contribution in [0.2, 0.25) is 0 Å². The van der Waals surface area contributed by atoms with Crippen LogP contribution in [0.3, 0.4) is 0 Å². The molecule has 0 fully saturated rings. The largest absolute Gasteiger partial charge is 0.475 e. The van der Waals surface area contributed by atoms with Crippen molar-refractivity contribution in [2.45, 2.75) is 19.4 Å². The van der Waals surface area contributed by atoms with E-state index < -0.39 is 9.85 Å². The molecule has 0 saturated heterocycles. The van der Waals surface area contributed by atoms with E-state index >= 15 is 0 Å². The Morgan fingerprint density at radius 3 is 2.14 bits per heavy atom. The molecule has 1 aromatic rings. The fourth-order valence-corrected chi connectivity index (χ4v) is 1.79. The molecule has 8 nitrogen and oxygen atoms in total. The van der Waals surface area contributed by atoms with E-state index in [4.69, 9.17) is 4.74 Å². The summed E-state index contributed by atoms with van der Waals surface area (Å²) in [7, 11) is 0. The molecule has 0 spiro atoms. The van der Waals surface area contributed by atoms with Crippen LogP contribution in [0.5, 0.6) is 0 Å². The van der Waals surface area contributed by atoms with Crippen molar-refractivity contribution in [2.24, 2.45) is 4.99 Å². The first-order chi connectivity index (χ1) is 9.77. The number of hydrogen-bond acceptors (Lipinski definition) is 6. The van der Waals surface area contributed by atoms with E-state index in [2.05, 4.69) is 4.99 Å². The van der Waals surface area contributed by atoms with Crippen LogP contribution < -0.4 is 0 Å². The third-order valence-corrected chi connectivity index (χ3v) is 2.75. The van der Waals surface area contributed by atoms with Gasteiger partial charge in [-0.15, -0.1) is 0 Å². The van der Waals surface area contributed by atoms with Crippen molar-refractivity contribution in [3.05, 3.63) is 50.1 Å². The summed E-state index contributed by atoms with van der Waals surface area (Å²) >= 11 is 0. The van der Waals surface area contributed by atoms with E-state index in [1.54, 1.807) is 0 Å². The van der Waals surface area contributed by atoms with Gasteiger partial charge in [-0.05, 0) is 25.5 Å². The van der Waals surface area contributed by atoms with Gasteiger partial charge in [0.05, 0.1) is 21.5 Å². The number of benzene rings is 1. The first-order valence-electron chi connectivity index (χ1n) is 6.11. The summed E-state index contributed by atoms with van der Waals surface area (Å²) in [4.78, 5) is 24.5. The summed E-state index contributed by atoms with van der Waals surface area (Å²) in [5.74, 6) is 0.397. The third-order valence-electron chi connectivity index (χ3n) is 2.75. The van der Waals surface area contributed by atoms with Crippen LogP contribution in [0.4, 0.5) is 11.4 Å². The highest BCUT2D eigenvalue weighted by molar-refractivity contribution is 5.93. The second kappa shape index (κ2) is 5.31. The summed E-state index contributed by atoms with van der Waals surface area (Å²) in [6.07, 6.45) is 3.04. The molecule has 0 N–H and O–H groups in total. The zero-order chi connectivity index (χ0) is 15.6. The Kier molecular flexibility index (Phi) is 3.70. The van der Waals surface area contributed by atoms with Gasteiger partial charge >= 0.3 is 0 Å². The maximum absolute atomic E-state index is 10.8. The molecule has 0 amide bonds. The maximum Gasteiger partial charge on any atom is 0.276 e. The monoisotopic (exact) mass is 291 g/mol. The molecule has 0 aliphatic carbocycles. The van der Waals surface area contributed by atoms with Gasteiger partial charge in [-0.3, -0.25) is 20.2 Å². The Bertz CT molecular complexity index is 632. The van der Waals surface area contributed by atoms with Gasteiger partial charge in [-0.1, -0.05) is 0 Å². The van der Waals surface area contributed by atoms with Crippen molar-refractivity contribution >= 4 is 23.3 Å². The Morgan fingerprint density at radius 2 is 1.71 bits per heavy atom. The molecule has 2 rings (SSSR count). The van der Waals surface area contributed by atoms with Crippen molar-refractivity contribution in [3.63, 3.8) is 0 Å². The first kappa shape index (κ1) is 14.6. The van der Waals surface area contributed by atoms with Crippen LogP contribution in [0.15, 0.2) is 29.3 Å². The lowest BCUT2D eigenvalue weighted by Gasteiger charge is -2.07. The van der Waals surface area contributed by atoms with Crippen LogP contribution in [0.25, 0.3) is 6.08 Å². The van der Waals surface area contributed by atoms with Gasteiger partial charge in [0.15, 0.2) is 0 Å². The second-order valence-electron chi connectivity index (χ2n) is 5.18. The number of rotatable bonds is 4. The van der Waals surface area contributed by atoms with Crippen molar-refractivity contribution in [1.29, 1.82) is 0 Å². The van der Waals surface area contributed by atoms with E-state index in [0.717, 1.165) is 6.07 Å². The molecule has 0 radical (unpaired) electrons. The molecule has 0 atom stereocenters. The fourth-order valence-electron chi connectivity index (χ4n) is 1.79. The summed E-state index contributed by atoms with van der Waals surface area (Å²) in [5.41, 5.74) is -0.641. The predicted octanol–water partition coefficient (Wildman–Crippen LogP) is 2.72. The van der Waals surface area contributed by atoms with Crippen molar-refractivity contribution in [1.82, 2.24) is 0 Å². The zero-order valence-electron chi connectivity index (χ0n) is 11.5. The lowest BCUT2D eigenvalue weighted by atomic mass is 10.1. The van der Waals surface area contributed by atoms with Gasteiger partial charge in [0.2, 0.25) is 5.90 Å². The standard InChI is InChI=1S/C13H13N3O5/c1-13(2)8-21-12(14-13)4-3-9-5-10(15(17)18)7-11(6-9)16(19)20/h3-7H,8H2,1-2H3/b4-3+. The topological polar surface area (TPSA) is 108 Å². The minimum absolute atomic E-state index is 0.311. The number of hydrogen-bond donors (Lipinski definition) is 0. The number of nitro benzene ring substituents is 2. The average molecular weight is 291 g/mol. The molecule has 8 heteroatoms. The molecule has 0 unspecified atom stereocenters. The quantitative estimate of drug-likeness (QED) is 0.626. The van der Waals surface area contributed by atoms with Crippen LogP contribution in [-0.4, -0.2) is 27.9 Å². The highest BCUT2D eigenvalue weighted by Gasteiger charge is 2.24. The molecular formula is C13H13N3O5. The molecule has 0 bridgehead atoms. The SMILES string of the molecule is CC1(C)COC(/C=C/c2cc([N+](=O)[O-])cc([N+](=O)[O-])c2)=N1. The number of nitrogens with zero attached hydrogens (tertiary/aromatic N) is 3. The van der Waals surface area contributed by atoms with Crippen molar-refractivity contribution < 1.29 is 14.6 Å². The normalized spacial score (nSPS) is 16.6. The minimum Gasteiger partial charge on any atom is -0.475 e. The van der Waals surface area contributed by atoms with Gasteiger partial charge in [0.1, 0.15) is 6.61 Å². The third kappa shape index (κ3) is 3.62. The summed E-state index contributed by atoms with van der Waals surface area (Å²) < 4.78 is 5.34. The van der Waals surface area contributed by atoms with Crippen molar-refractivity contribution in [3.8, 4) is 0 Å². The first-order valence-corrected chi connectivity index (χ1v) is 6.11. The molecule has 1 heterocycles. The Labute approximate surface area is 120 Å². The van der Waals surface area contributed by atoms with E-state index in [9.17, 15) is 20.2 Å². The Morgan fingerprint density at radius 1 is 1.14 bits per heavy atom. The lowest BCUT2D eigenvalue weighted by molar-refractivity contribution is -0.394. The van der Waals surface area contributed by atoms with Gasteiger partial charge < -0.3 is 4.74 Å². The summed E-state index contributed by atoms with van der Waals surface area (Å²) in [6, 6.07) is 3.43. The van der Waals surface area contributed by atoms with Gasteiger partial charge in [-0.2, -0.15) is 0 Å². The molecule has 1 aliphatic heterocycles. The number of non-ortho nitro benzene ring substituents is 2. The minimum atomic E-state index is -0.670. The second-order valence-corrected chi connectivity index (χ2v) is 5.18. The smallest absolute Gasteiger partial charge is 0.276 e. The van der Waals surface area contributed by atoms with Gasteiger partial charge in [0.25, 0.3) is 11.4 Å². The number of nitro groups is 2. The molecule has 1 aromatic carbocycles. The molecule has 0 aromatic heterocycles. The van der Waals surface area contributed by atoms with E-state index in [-0.39, 0.29) is 16.9 Å². The Hall–Kier alpha value is -2.77. The summed E-state index contributed by atoms with van der Waals surface area (Å²) in [5, 5.41) is 21.6. The Balaban J connectivity index is 2.31. The molecule has 1 aliphatic rings. The fraction of sp³-hybridized carbons (Fsp3) is 0.308. The number of aliphatic imine (C=N–C) groups is 1. The van der Waals surface area contributed by atoms with E-state index in [1.165, 1.54) is 24.3 Å². The zero-order valence-corrected chi connectivity index (χ0v) is 11.5. The van der Waals surface area contributed by atoms with Crippen LogP contribution in [0.1, 0.15) is 19.4 Å². The van der Waals surface area contributed by atoms with Crippen molar-refractivity contribution in [2.75, 3.05) is 6.61 Å². The van der Waals surface area contributed by atoms with Gasteiger partial charge in [-0.25, -0.2) is 4.99 Å². The molecular weight excluding hydrogens is 278 g/mol. The van der Waals surface area contributed by atoms with E-state index in [1.807, 2.05) is 13.8 Å². The average Bonchev–Trinajstić information content (AvgIpc) is 2.75. The van der Waals surface area contributed by atoms with Crippen LogP contribution in [0, 0.1) is 20.2 Å². The number of ether oxygens (including phenoxy) is 1. The van der Waals surface area contributed by atoms with Gasteiger partial charge in [0, 0.05) is 18.2 Å². The van der Waals surface area contributed by atoms with E-state index in [0.29, 0.717) is 18.1 Å². The van der Waals surface area contributed by atoms with Crippen LogP contribution in [-0.2, 0) is 4.74 Å². The lowest BCUT2D eigenvalue weighted by Crippen LogP contribution is -2.17. The van der Waals surface area contributed by atoms with Crippen LogP contribution >= 0.6 is 0 Å². The highest BCUT2D eigenvalue weighted by Crippen LogP contribution is 2.24.